The van der Waals surface area contributed by atoms with Crippen LogP contribution in [-0.4, -0.2) is 140 Å². The van der Waals surface area contributed by atoms with Crippen molar-refractivity contribution < 1.29 is 64.6 Å². The Hall–Kier alpha value is -1.01. The summed E-state index contributed by atoms with van der Waals surface area (Å²) in [7, 11) is 0. The van der Waals surface area contributed by atoms with E-state index in [0.717, 1.165) is 51.4 Å². The molecule has 0 saturated carbocycles. The minimum absolute atomic E-state index is 0.194. The van der Waals surface area contributed by atoms with E-state index in [0.29, 0.717) is 12.8 Å². The Balaban J connectivity index is 1.56. The van der Waals surface area contributed by atoms with Crippen LogP contribution in [0.2, 0.25) is 0 Å². The third kappa shape index (κ3) is 49.6. The average molecular weight is 1370 g/mol. The lowest BCUT2D eigenvalue weighted by Gasteiger charge is -2.46. The van der Waals surface area contributed by atoms with Gasteiger partial charge in [-0.15, -0.1) is 0 Å². The maximum Gasteiger partial charge on any atom is 0.220 e. The van der Waals surface area contributed by atoms with E-state index in [-0.39, 0.29) is 12.5 Å². The van der Waals surface area contributed by atoms with E-state index in [1.807, 2.05) is 0 Å². The Morgan fingerprint density at radius 2 is 0.594 bits per heavy atom. The van der Waals surface area contributed by atoms with Crippen molar-refractivity contribution in [2.75, 3.05) is 19.8 Å². The standard InChI is InChI=1S/C82H161NO13/c1-3-5-7-9-11-13-15-17-19-21-23-25-27-29-30-31-32-33-34-35-36-37-38-39-40-42-44-46-48-50-52-54-56-58-60-62-64-66-74(87)83-70(69-93-81-79(92)77(90)80(73(68-85)95-81)96-82-78(91)76(89)75(88)72(67-84)94-82)71(86)65-63-61-59-57-55-53-51-49-47-45-43-41-28-26-24-22-20-18-16-14-12-10-8-6-4-2/h70-73,75-82,84-86,88-92H,3-69H2,1-2H3,(H,83,87). The van der Waals surface area contributed by atoms with Gasteiger partial charge < -0.3 is 65.1 Å². The Morgan fingerprint density at radius 3 is 0.885 bits per heavy atom. The molecule has 0 aromatic carbocycles. The summed E-state index contributed by atoms with van der Waals surface area (Å²) in [5.41, 5.74) is 0. The second kappa shape index (κ2) is 67.2. The van der Waals surface area contributed by atoms with Crippen LogP contribution in [0.25, 0.3) is 0 Å². The smallest absolute Gasteiger partial charge is 0.220 e. The molecule has 2 rings (SSSR count). The molecule has 14 heteroatoms. The van der Waals surface area contributed by atoms with E-state index in [4.69, 9.17) is 18.9 Å². The molecule has 0 aromatic heterocycles. The topological polar surface area (TPSA) is 228 Å². The summed E-state index contributed by atoms with van der Waals surface area (Å²) in [6.07, 6.45) is 67.4. The number of carbonyl (C=O) groups excluding carboxylic acids is 1. The Bertz CT molecular complexity index is 1610. The molecule has 0 aromatic rings. The molecule has 0 bridgehead atoms. The molecule has 12 atom stereocenters. The molecular weight excluding hydrogens is 1210 g/mol. The molecule has 2 saturated heterocycles. The number of amides is 1. The highest BCUT2D eigenvalue weighted by Crippen LogP contribution is 2.31. The van der Waals surface area contributed by atoms with Crippen LogP contribution in [0.15, 0.2) is 0 Å². The summed E-state index contributed by atoms with van der Waals surface area (Å²) in [5, 5.41) is 87.9. The average Bonchev–Trinajstić information content (AvgIpc) is 0.857. The van der Waals surface area contributed by atoms with Crippen LogP contribution in [0.1, 0.15) is 425 Å². The quantitative estimate of drug-likeness (QED) is 0.0259. The Labute approximate surface area is 591 Å². The van der Waals surface area contributed by atoms with Gasteiger partial charge >= 0.3 is 0 Å². The molecule has 2 aliphatic rings. The first-order chi connectivity index (χ1) is 47.1. The number of carbonyl (C=O) groups is 1. The highest BCUT2D eigenvalue weighted by Gasteiger charge is 2.51. The Kier molecular flexibility index (Phi) is 63.7. The van der Waals surface area contributed by atoms with Crippen molar-refractivity contribution in [2.24, 2.45) is 0 Å². The number of aliphatic hydroxyl groups excluding tert-OH is 8. The van der Waals surface area contributed by atoms with Crippen molar-refractivity contribution in [2.45, 2.75) is 498 Å². The third-order valence-corrected chi connectivity index (χ3v) is 21.3. The highest BCUT2D eigenvalue weighted by molar-refractivity contribution is 5.76. The van der Waals surface area contributed by atoms with Crippen molar-refractivity contribution >= 4 is 5.91 Å². The fourth-order valence-electron chi connectivity index (χ4n) is 14.7. The fraction of sp³-hybridized carbons (Fsp3) is 0.988. The number of ether oxygens (including phenoxy) is 4. The maximum atomic E-state index is 13.4. The number of hydrogen-bond acceptors (Lipinski definition) is 13. The van der Waals surface area contributed by atoms with E-state index in [2.05, 4.69) is 19.2 Å². The summed E-state index contributed by atoms with van der Waals surface area (Å²) in [6.45, 7) is 2.95. The Morgan fingerprint density at radius 1 is 0.333 bits per heavy atom. The van der Waals surface area contributed by atoms with Crippen LogP contribution >= 0.6 is 0 Å². The first kappa shape index (κ1) is 91.1. The first-order valence-corrected chi connectivity index (χ1v) is 42.3. The summed E-state index contributed by atoms with van der Waals surface area (Å²) < 4.78 is 23.0. The minimum Gasteiger partial charge on any atom is -0.394 e. The van der Waals surface area contributed by atoms with Gasteiger partial charge in [0, 0.05) is 6.42 Å². The molecule has 2 aliphatic heterocycles. The van der Waals surface area contributed by atoms with E-state index < -0.39 is 86.8 Å². The van der Waals surface area contributed by atoms with Gasteiger partial charge in [0.2, 0.25) is 5.91 Å². The molecule has 0 aliphatic carbocycles. The van der Waals surface area contributed by atoms with Crippen molar-refractivity contribution in [3.8, 4) is 0 Å². The zero-order valence-corrected chi connectivity index (χ0v) is 62.9. The maximum absolute atomic E-state index is 13.4. The largest absolute Gasteiger partial charge is 0.394 e. The van der Waals surface area contributed by atoms with Crippen LogP contribution in [0.3, 0.4) is 0 Å². The van der Waals surface area contributed by atoms with Gasteiger partial charge in [-0.05, 0) is 12.8 Å². The van der Waals surface area contributed by atoms with Crippen LogP contribution in [0, 0.1) is 0 Å². The SMILES string of the molecule is CCCCCCCCCCCCCCCCCCCCCCCCCCCCCCCCCCCCCCCC(=O)NC(COC1OC(CO)C(OC2OC(CO)C(O)C(O)C2O)C(O)C1O)C(O)CCCCCCCCCCCCCCCCCCCCCCCCCCC. The fourth-order valence-corrected chi connectivity index (χ4v) is 14.7. The predicted molar refractivity (Wildman–Crippen MR) is 397 cm³/mol. The van der Waals surface area contributed by atoms with Crippen molar-refractivity contribution in [1.29, 1.82) is 0 Å². The van der Waals surface area contributed by atoms with Crippen LogP contribution in [0.4, 0.5) is 0 Å². The summed E-state index contributed by atoms with van der Waals surface area (Å²) in [6, 6.07) is -0.826. The van der Waals surface area contributed by atoms with Crippen molar-refractivity contribution in [3.63, 3.8) is 0 Å². The molecule has 12 unspecified atom stereocenters. The molecule has 96 heavy (non-hydrogen) atoms. The molecule has 0 spiro atoms. The summed E-state index contributed by atoms with van der Waals surface area (Å²) in [4.78, 5) is 13.4. The summed E-state index contributed by atoms with van der Waals surface area (Å²) in [5.74, 6) is -0.194. The van der Waals surface area contributed by atoms with Gasteiger partial charge in [0.05, 0.1) is 32.0 Å². The lowest BCUT2D eigenvalue weighted by molar-refractivity contribution is -0.359. The third-order valence-electron chi connectivity index (χ3n) is 21.3. The molecule has 2 fully saturated rings. The molecular formula is C82H161NO13. The second-order valence-electron chi connectivity index (χ2n) is 30.3. The van der Waals surface area contributed by atoms with Gasteiger partial charge in [-0.2, -0.15) is 0 Å². The minimum atomic E-state index is -1.78. The molecule has 14 nitrogen and oxygen atoms in total. The van der Waals surface area contributed by atoms with Crippen molar-refractivity contribution in [3.05, 3.63) is 0 Å². The van der Waals surface area contributed by atoms with Gasteiger partial charge in [-0.3, -0.25) is 4.79 Å². The zero-order chi connectivity index (χ0) is 69.4. The van der Waals surface area contributed by atoms with E-state index >= 15 is 0 Å². The van der Waals surface area contributed by atoms with Gasteiger partial charge in [0.15, 0.2) is 12.6 Å². The summed E-state index contributed by atoms with van der Waals surface area (Å²) >= 11 is 0. The van der Waals surface area contributed by atoms with E-state index in [9.17, 15) is 45.6 Å². The predicted octanol–water partition coefficient (Wildman–Crippen LogP) is 19.5. The van der Waals surface area contributed by atoms with Crippen LogP contribution < -0.4 is 5.32 Å². The lowest BCUT2D eigenvalue weighted by atomic mass is 9.97. The number of aliphatic hydroxyl groups is 8. The van der Waals surface area contributed by atoms with Crippen LogP contribution in [-0.2, 0) is 23.7 Å². The molecule has 2 heterocycles. The molecule has 9 N–H and O–H groups in total. The molecule has 572 valence electrons. The normalized spacial score (nSPS) is 22.1. The highest BCUT2D eigenvalue weighted by atomic mass is 16.7. The number of unbranched alkanes of at least 4 members (excludes halogenated alkanes) is 60. The number of hydrogen-bond donors (Lipinski definition) is 9. The number of nitrogens with one attached hydrogen (secondary N) is 1. The first-order valence-electron chi connectivity index (χ1n) is 42.3. The van der Waals surface area contributed by atoms with E-state index in [1.54, 1.807) is 0 Å². The van der Waals surface area contributed by atoms with Gasteiger partial charge in [-0.25, -0.2) is 0 Å². The van der Waals surface area contributed by atoms with Gasteiger partial charge in [0.1, 0.15) is 48.8 Å². The van der Waals surface area contributed by atoms with E-state index in [1.165, 1.54) is 347 Å². The molecule has 1 amide bonds. The zero-order valence-electron chi connectivity index (χ0n) is 62.9. The second-order valence-corrected chi connectivity index (χ2v) is 30.3. The van der Waals surface area contributed by atoms with Gasteiger partial charge in [-0.1, -0.05) is 406 Å². The van der Waals surface area contributed by atoms with Crippen LogP contribution in [0.5, 0.6) is 0 Å². The monoisotopic (exact) mass is 1370 g/mol. The number of rotatable bonds is 73. The van der Waals surface area contributed by atoms with Crippen molar-refractivity contribution in [1.82, 2.24) is 5.32 Å². The lowest BCUT2D eigenvalue weighted by Crippen LogP contribution is -2.65. The van der Waals surface area contributed by atoms with Gasteiger partial charge in [0.25, 0.3) is 0 Å². The molecule has 0 radical (unpaired) electrons.